The van der Waals surface area contributed by atoms with Crippen molar-refractivity contribution in [2.24, 2.45) is 5.92 Å². The summed E-state index contributed by atoms with van der Waals surface area (Å²) in [6, 6.07) is 19.5. The van der Waals surface area contributed by atoms with Crippen molar-refractivity contribution in [2.45, 2.75) is 50.2 Å². The minimum absolute atomic E-state index is 0.00490. The average molecular weight is 407 g/mol. The van der Waals surface area contributed by atoms with Crippen LogP contribution in [0, 0.1) is 5.92 Å². The molecule has 1 N–H and O–H groups in total. The number of carbonyl (C=O) groups is 2. The van der Waals surface area contributed by atoms with Crippen molar-refractivity contribution < 1.29 is 14.3 Å². The fourth-order valence-corrected chi connectivity index (χ4v) is 5.32. The maximum atomic E-state index is 14.1. The standard InChI is InChI=1S/C25H30N2O3/c1-3-30-25(29)23-20-15-14-19(16-21(20)26-2)27(23)24(28)22(17-10-6-4-7-11-17)18-12-8-5-9-13-18/h4-13,19-23,26H,3,14-16H2,1-2H3/t19-,20+,21?,23-/m0/s1. The minimum Gasteiger partial charge on any atom is -0.464 e. The van der Waals surface area contributed by atoms with Crippen LogP contribution in [0.3, 0.4) is 0 Å². The van der Waals surface area contributed by atoms with Crippen molar-refractivity contribution in [3.63, 3.8) is 0 Å². The summed E-state index contributed by atoms with van der Waals surface area (Å²) in [5.74, 6) is -0.637. The minimum atomic E-state index is -0.530. The zero-order valence-corrected chi connectivity index (χ0v) is 17.7. The first-order valence-electron chi connectivity index (χ1n) is 10.9. The molecule has 2 aromatic carbocycles. The molecule has 4 atom stereocenters. The fraction of sp³-hybridized carbons (Fsp3) is 0.440. The molecule has 30 heavy (non-hydrogen) atoms. The Morgan fingerprint density at radius 2 is 1.63 bits per heavy atom. The number of rotatable bonds is 6. The van der Waals surface area contributed by atoms with E-state index in [1.165, 1.54) is 0 Å². The van der Waals surface area contributed by atoms with Crippen molar-refractivity contribution >= 4 is 11.9 Å². The fourth-order valence-electron chi connectivity index (χ4n) is 5.32. The van der Waals surface area contributed by atoms with Crippen molar-refractivity contribution in [1.29, 1.82) is 0 Å². The Kier molecular flexibility index (Phi) is 6.18. The van der Waals surface area contributed by atoms with E-state index in [1.54, 1.807) is 0 Å². The molecule has 2 heterocycles. The largest absolute Gasteiger partial charge is 0.464 e. The lowest BCUT2D eigenvalue weighted by atomic mass is 9.70. The van der Waals surface area contributed by atoms with Gasteiger partial charge in [0.05, 0.1) is 12.5 Å². The lowest BCUT2D eigenvalue weighted by molar-refractivity contribution is -0.169. The van der Waals surface area contributed by atoms with Gasteiger partial charge < -0.3 is 15.0 Å². The van der Waals surface area contributed by atoms with Crippen LogP contribution in [0.15, 0.2) is 60.7 Å². The van der Waals surface area contributed by atoms with Gasteiger partial charge in [-0.15, -0.1) is 0 Å². The van der Waals surface area contributed by atoms with Crippen molar-refractivity contribution in [3.8, 4) is 0 Å². The van der Waals surface area contributed by atoms with Crippen LogP contribution in [-0.4, -0.2) is 48.6 Å². The van der Waals surface area contributed by atoms with E-state index >= 15 is 0 Å². The second kappa shape index (κ2) is 9.00. The lowest BCUT2D eigenvalue weighted by Gasteiger charge is -2.54. The highest BCUT2D eigenvalue weighted by atomic mass is 16.5. The van der Waals surface area contributed by atoms with Gasteiger partial charge in [0, 0.05) is 18.0 Å². The number of nitrogens with one attached hydrogen (secondary N) is 1. The number of benzene rings is 2. The molecule has 5 heteroatoms. The summed E-state index contributed by atoms with van der Waals surface area (Å²) in [6.07, 6.45) is 2.74. The molecular weight excluding hydrogens is 376 g/mol. The molecule has 2 bridgehead atoms. The number of fused-ring (bicyclic) bond motifs is 3. The Balaban J connectivity index is 1.75. The zero-order valence-electron chi connectivity index (χ0n) is 17.7. The second-order valence-electron chi connectivity index (χ2n) is 8.22. The molecular formula is C25H30N2O3. The van der Waals surface area contributed by atoms with Crippen LogP contribution in [-0.2, 0) is 14.3 Å². The molecule has 3 aliphatic rings. The predicted molar refractivity (Wildman–Crippen MR) is 116 cm³/mol. The Morgan fingerprint density at radius 1 is 1.03 bits per heavy atom. The molecule has 0 aromatic heterocycles. The molecule has 5 nitrogen and oxygen atoms in total. The highest BCUT2D eigenvalue weighted by Gasteiger charge is 2.53. The lowest BCUT2D eigenvalue weighted by Crippen LogP contribution is -2.67. The van der Waals surface area contributed by atoms with Gasteiger partial charge in [-0.25, -0.2) is 4.79 Å². The van der Waals surface area contributed by atoms with Gasteiger partial charge in [-0.3, -0.25) is 4.79 Å². The van der Waals surface area contributed by atoms with Crippen LogP contribution in [0.4, 0.5) is 0 Å². The number of piperidine rings is 2. The summed E-state index contributed by atoms with van der Waals surface area (Å²) in [4.78, 5) is 29.0. The highest BCUT2D eigenvalue weighted by Crippen LogP contribution is 2.42. The monoisotopic (exact) mass is 406 g/mol. The molecule has 1 saturated carbocycles. The van der Waals surface area contributed by atoms with Crippen LogP contribution in [0.25, 0.3) is 0 Å². The number of esters is 1. The van der Waals surface area contributed by atoms with E-state index in [-0.39, 0.29) is 29.9 Å². The SMILES string of the molecule is CCOC(=O)[C@@H]1[C@@H]2CC[C@@H](CC2NC)N1C(=O)C(c1ccccc1)c1ccccc1. The Hall–Kier alpha value is -2.66. The highest BCUT2D eigenvalue weighted by molar-refractivity contribution is 5.92. The first kappa shape index (κ1) is 20.6. The second-order valence-corrected chi connectivity index (χ2v) is 8.22. The van der Waals surface area contributed by atoms with Gasteiger partial charge >= 0.3 is 5.97 Å². The number of carbonyl (C=O) groups excluding carboxylic acids is 2. The van der Waals surface area contributed by atoms with Crippen LogP contribution >= 0.6 is 0 Å². The van der Waals surface area contributed by atoms with Gasteiger partial charge in [0.15, 0.2) is 0 Å². The molecule has 1 amide bonds. The third-order valence-corrected chi connectivity index (χ3v) is 6.64. The van der Waals surface area contributed by atoms with Crippen molar-refractivity contribution in [2.75, 3.05) is 13.7 Å². The number of ether oxygens (including phenoxy) is 1. The molecule has 2 aliphatic heterocycles. The number of hydrogen-bond acceptors (Lipinski definition) is 4. The van der Waals surface area contributed by atoms with Crippen LogP contribution < -0.4 is 5.32 Å². The van der Waals surface area contributed by atoms with E-state index < -0.39 is 12.0 Å². The summed E-state index contributed by atoms with van der Waals surface area (Å²) in [5.41, 5.74) is 1.89. The van der Waals surface area contributed by atoms with Gasteiger partial charge in [-0.05, 0) is 44.4 Å². The number of amides is 1. The molecule has 0 spiro atoms. The molecule has 158 valence electrons. The molecule has 1 aliphatic carbocycles. The quantitative estimate of drug-likeness (QED) is 0.748. The molecule has 0 radical (unpaired) electrons. The normalized spacial score (nSPS) is 25.4. The Bertz CT molecular complexity index is 831. The van der Waals surface area contributed by atoms with E-state index in [0.717, 1.165) is 30.4 Å². The summed E-state index contributed by atoms with van der Waals surface area (Å²) in [7, 11) is 1.94. The molecule has 1 unspecified atom stereocenters. The van der Waals surface area contributed by atoms with E-state index in [2.05, 4.69) is 5.32 Å². The summed E-state index contributed by atoms with van der Waals surface area (Å²) < 4.78 is 5.44. The van der Waals surface area contributed by atoms with Crippen LogP contribution in [0.5, 0.6) is 0 Å². The predicted octanol–water partition coefficient (Wildman–Crippen LogP) is 3.35. The van der Waals surface area contributed by atoms with E-state index in [1.807, 2.05) is 79.5 Å². The molecule has 2 saturated heterocycles. The van der Waals surface area contributed by atoms with Crippen LogP contribution in [0.1, 0.15) is 43.2 Å². The molecule has 3 fully saturated rings. The zero-order chi connectivity index (χ0) is 21.1. The van der Waals surface area contributed by atoms with Gasteiger partial charge in [0.25, 0.3) is 0 Å². The van der Waals surface area contributed by atoms with Crippen LogP contribution in [0.2, 0.25) is 0 Å². The molecule has 2 aromatic rings. The maximum absolute atomic E-state index is 14.1. The number of hydrogen-bond donors (Lipinski definition) is 1. The topological polar surface area (TPSA) is 58.6 Å². The third-order valence-electron chi connectivity index (χ3n) is 6.64. The van der Waals surface area contributed by atoms with E-state index in [4.69, 9.17) is 4.74 Å². The Morgan fingerprint density at radius 3 is 2.17 bits per heavy atom. The summed E-state index contributed by atoms with van der Waals surface area (Å²) >= 11 is 0. The van der Waals surface area contributed by atoms with E-state index in [0.29, 0.717) is 6.61 Å². The van der Waals surface area contributed by atoms with E-state index in [9.17, 15) is 9.59 Å². The van der Waals surface area contributed by atoms with Gasteiger partial charge in [-0.2, -0.15) is 0 Å². The van der Waals surface area contributed by atoms with Crippen molar-refractivity contribution in [3.05, 3.63) is 71.8 Å². The summed E-state index contributed by atoms with van der Waals surface area (Å²) in [6.45, 7) is 2.14. The van der Waals surface area contributed by atoms with Gasteiger partial charge in [-0.1, -0.05) is 60.7 Å². The van der Waals surface area contributed by atoms with Gasteiger partial charge in [0.1, 0.15) is 6.04 Å². The third kappa shape index (κ3) is 3.74. The van der Waals surface area contributed by atoms with Gasteiger partial charge in [0.2, 0.25) is 5.91 Å². The molecule has 5 rings (SSSR count). The Labute approximate surface area is 178 Å². The smallest absolute Gasteiger partial charge is 0.329 e. The first-order valence-corrected chi connectivity index (χ1v) is 10.9. The van der Waals surface area contributed by atoms with Crippen molar-refractivity contribution in [1.82, 2.24) is 10.2 Å². The number of nitrogens with zero attached hydrogens (tertiary/aromatic N) is 1. The first-order chi connectivity index (χ1) is 14.7. The maximum Gasteiger partial charge on any atom is 0.329 e. The summed E-state index contributed by atoms with van der Waals surface area (Å²) in [5, 5.41) is 3.37. The average Bonchev–Trinajstić information content (AvgIpc) is 2.80.